The maximum atomic E-state index is 12.7. The van der Waals surface area contributed by atoms with Crippen LogP contribution < -0.4 is 10.6 Å². The van der Waals surface area contributed by atoms with Gasteiger partial charge >= 0.3 is 12.0 Å². The molecule has 0 spiro atoms. The molecular formula is C20H23N5O5S2. The predicted molar refractivity (Wildman–Crippen MR) is 118 cm³/mol. The number of aliphatic carboxylic acids is 1. The molecule has 0 bridgehead atoms. The van der Waals surface area contributed by atoms with E-state index in [1.807, 2.05) is 37.3 Å². The Bertz CT molecular complexity index is 1020. The van der Waals surface area contributed by atoms with Crippen LogP contribution in [0.15, 0.2) is 40.0 Å². The summed E-state index contributed by atoms with van der Waals surface area (Å²) in [6, 6.07) is 8.18. The summed E-state index contributed by atoms with van der Waals surface area (Å²) in [6.07, 6.45) is 0. The Balaban J connectivity index is 1.34. The molecule has 2 saturated heterocycles. The van der Waals surface area contributed by atoms with Gasteiger partial charge in [0.25, 0.3) is 5.22 Å². The Hall–Kier alpha value is -2.73. The van der Waals surface area contributed by atoms with Crippen LogP contribution in [0.5, 0.6) is 0 Å². The van der Waals surface area contributed by atoms with E-state index in [-0.39, 0.29) is 29.6 Å². The number of urea groups is 1. The van der Waals surface area contributed by atoms with Gasteiger partial charge in [0, 0.05) is 25.0 Å². The first-order valence-electron chi connectivity index (χ1n) is 9.99. The molecule has 4 rings (SSSR count). The summed E-state index contributed by atoms with van der Waals surface area (Å²) in [7, 11) is 0. The molecule has 4 atom stereocenters. The number of β-lactam (4-membered cyclic amide) rings is 1. The lowest BCUT2D eigenvalue weighted by Gasteiger charge is -2.53. The van der Waals surface area contributed by atoms with Crippen LogP contribution in [0.2, 0.25) is 0 Å². The van der Waals surface area contributed by atoms with Crippen molar-refractivity contribution in [3.8, 4) is 0 Å². The van der Waals surface area contributed by atoms with E-state index in [9.17, 15) is 19.5 Å². The Morgan fingerprint density at radius 1 is 1.38 bits per heavy atom. The average Bonchev–Trinajstić information content (AvgIpc) is 3.21. The number of carboxylic acids is 1. The van der Waals surface area contributed by atoms with Crippen molar-refractivity contribution in [2.45, 2.75) is 36.5 Å². The van der Waals surface area contributed by atoms with E-state index in [0.717, 1.165) is 5.56 Å². The summed E-state index contributed by atoms with van der Waals surface area (Å²) < 4.78 is 5.31. The molecule has 1 aromatic heterocycles. The minimum Gasteiger partial charge on any atom is -0.481 e. The van der Waals surface area contributed by atoms with E-state index in [1.54, 1.807) is 6.92 Å². The van der Waals surface area contributed by atoms with Gasteiger partial charge in [-0.3, -0.25) is 9.59 Å². The quantitative estimate of drug-likeness (QED) is 0.403. The zero-order valence-corrected chi connectivity index (χ0v) is 19.1. The van der Waals surface area contributed by atoms with E-state index < -0.39 is 23.5 Å². The van der Waals surface area contributed by atoms with Gasteiger partial charge in [0.05, 0.1) is 6.04 Å². The van der Waals surface area contributed by atoms with Gasteiger partial charge in [-0.25, -0.2) is 4.79 Å². The molecule has 3 N–H and O–H groups in total. The molecule has 1 aromatic carbocycles. The van der Waals surface area contributed by atoms with Crippen LogP contribution in [0.4, 0.5) is 4.79 Å². The fourth-order valence-electron chi connectivity index (χ4n) is 3.65. The smallest absolute Gasteiger partial charge is 0.316 e. The Morgan fingerprint density at radius 2 is 2.12 bits per heavy atom. The van der Waals surface area contributed by atoms with E-state index in [2.05, 4.69) is 20.8 Å². The largest absolute Gasteiger partial charge is 0.481 e. The van der Waals surface area contributed by atoms with E-state index in [0.29, 0.717) is 16.9 Å². The number of hydrogen-bond acceptors (Lipinski definition) is 8. The zero-order chi connectivity index (χ0) is 22.9. The minimum absolute atomic E-state index is 0.0686. The topological polar surface area (TPSA) is 138 Å². The van der Waals surface area contributed by atoms with Crippen LogP contribution in [0.1, 0.15) is 24.4 Å². The molecule has 0 saturated carbocycles. The van der Waals surface area contributed by atoms with Gasteiger partial charge in [-0.05, 0) is 12.5 Å². The number of fused-ring (bicyclic) bond motifs is 1. The molecule has 2 aliphatic rings. The number of thioether (sulfide) groups is 2. The Morgan fingerprint density at radius 3 is 2.78 bits per heavy atom. The number of aryl methyl sites for hydroxylation is 1. The number of carbonyl (C=O) groups is 3. The van der Waals surface area contributed by atoms with Crippen LogP contribution in [-0.2, 0) is 9.59 Å². The zero-order valence-electron chi connectivity index (χ0n) is 17.5. The van der Waals surface area contributed by atoms with Gasteiger partial charge in [-0.2, -0.15) is 0 Å². The lowest BCUT2D eigenvalue weighted by Crippen LogP contribution is -2.74. The normalized spacial score (nSPS) is 25.4. The highest BCUT2D eigenvalue weighted by atomic mass is 32.2. The standard InChI is InChI=1S/C20H23N5O5S2/c1-11(13-6-4-3-5-7-13)21-18(29)22-14-15(26)25-8-20(17(27)28,9-31-16(14)25)10-32-19-24-23-12(2)30-19/h3-7,11,14,16H,8-10H2,1-2H3,(H,27,28)(H2,21,22,29)/t11?,14?,16-,20?/m1/s1. The van der Waals surface area contributed by atoms with Crippen molar-refractivity contribution in [3.63, 3.8) is 0 Å². The van der Waals surface area contributed by atoms with Gasteiger partial charge in [0.15, 0.2) is 0 Å². The van der Waals surface area contributed by atoms with Crippen molar-refractivity contribution in [1.29, 1.82) is 0 Å². The number of nitrogens with one attached hydrogen (secondary N) is 2. The van der Waals surface area contributed by atoms with Crippen molar-refractivity contribution >= 4 is 41.4 Å². The molecule has 32 heavy (non-hydrogen) atoms. The van der Waals surface area contributed by atoms with Crippen LogP contribution >= 0.6 is 23.5 Å². The maximum absolute atomic E-state index is 12.7. The molecule has 3 amide bonds. The number of amides is 3. The molecule has 0 aliphatic carbocycles. The molecule has 10 nitrogen and oxygen atoms in total. The number of nitrogens with zero attached hydrogens (tertiary/aromatic N) is 3. The molecule has 0 radical (unpaired) electrons. The van der Waals surface area contributed by atoms with Gasteiger partial charge in [-0.15, -0.1) is 22.0 Å². The lowest BCUT2D eigenvalue weighted by atomic mass is 9.89. The second-order valence-electron chi connectivity index (χ2n) is 7.86. The van der Waals surface area contributed by atoms with Crippen LogP contribution in [0.3, 0.4) is 0 Å². The molecule has 3 heterocycles. The molecule has 3 unspecified atom stereocenters. The second-order valence-corrected chi connectivity index (χ2v) is 9.89. The number of hydrogen-bond donors (Lipinski definition) is 3. The molecule has 170 valence electrons. The third-order valence-electron chi connectivity index (χ3n) is 5.51. The van der Waals surface area contributed by atoms with Crippen molar-refractivity contribution in [1.82, 2.24) is 25.7 Å². The van der Waals surface area contributed by atoms with Gasteiger partial charge in [0.1, 0.15) is 16.8 Å². The maximum Gasteiger partial charge on any atom is 0.316 e. The van der Waals surface area contributed by atoms with Gasteiger partial charge in [0.2, 0.25) is 11.8 Å². The SMILES string of the molecule is Cc1nnc(SCC2(C(=O)O)CS[C@@H]3C(NC(=O)NC(C)c4ccccc4)C(=O)N3C2)o1. The summed E-state index contributed by atoms with van der Waals surface area (Å²) in [6.45, 7) is 3.59. The Kier molecular flexibility index (Phi) is 6.33. The fourth-order valence-corrected chi connectivity index (χ4v) is 6.31. The first kappa shape index (κ1) is 22.5. The predicted octanol–water partition coefficient (Wildman–Crippen LogP) is 1.89. The molecular weight excluding hydrogens is 454 g/mol. The summed E-state index contributed by atoms with van der Waals surface area (Å²) in [5, 5.41) is 23.1. The summed E-state index contributed by atoms with van der Waals surface area (Å²) in [4.78, 5) is 38.7. The summed E-state index contributed by atoms with van der Waals surface area (Å²) in [5.74, 6) is -0.362. The van der Waals surface area contributed by atoms with Crippen molar-refractivity contribution < 1.29 is 23.9 Å². The summed E-state index contributed by atoms with van der Waals surface area (Å²) >= 11 is 2.53. The van der Waals surface area contributed by atoms with Crippen LogP contribution in [0, 0.1) is 12.3 Å². The highest BCUT2D eigenvalue weighted by molar-refractivity contribution is 8.00. The Labute approximate surface area is 192 Å². The highest BCUT2D eigenvalue weighted by Gasteiger charge is 2.57. The van der Waals surface area contributed by atoms with Crippen molar-refractivity contribution in [2.75, 3.05) is 18.1 Å². The van der Waals surface area contributed by atoms with E-state index in [1.165, 1.54) is 28.4 Å². The molecule has 2 aliphatic heterocycles. The van der Waals surface area contributed by atoms with Crippen LogP contribution in [0.25, 0.3) is 0 Å². The monoisotopic (exact) mass is 477 g/mol. The molecule has 12 heteroatoms. The molecule has 2 aromatic rings. The molecule has 2 fully saturated rings. The highest BCUT2D eigenvalue weighted by Crippen LogP contribution is 2.44. The first-order valence-corrected chi connectivity index (χ1v) is 12.0. The van der Waals surface area contributed by atoms with Gasteiger partial charge in [-0.1, -0.05) is 42.1 Å². The van der Waals surface area contributed by atoms with Crippen molar-refractivity contribution in [2.24, 2.45) is 5.41 Å². The van der Waals surface area contributed by atoms with E-state index in [4.69, 9.17) is 4.42 Å². The number of rotatable bonds is 7. The fraction of sp³-hybridized carbons (Fsp3) is 0.450. The third kappa shape index (κ3) is 4.42. The number of benzene rings is 1. The van der Waals surface area contributed by atoms with Crippen molar-refractivity contribution in [3.05, 3.63) is 41.8 Å². The number of carboxylic acid groups (broad SMARTS) is 1. The average molecular weight is 478 g/mol. The number of aromatic nitrogens is 2. The van der Waals surface area contributed by atoms with Crippen LogP contribution in [-0.4, -0.2) is 67.6 Å². The minimum atomic E-state index is -1.14. The second kappa shape index (κ2) is 9.02. The van der Waals surface area contributed by atoms with Gasteiger partial charge < -0.3 is 25.1 Å². The van der Waals surface area contributed by atoms with E-state index >= 15 is 0 Å². The summed E-state index contributed by atoms with van der Waals surface area (Å²) in [5.41, 5.74) is -0.185. The number of carbonyl (C=O) groups excluding carboxylic acids is 2. The first-order chi connectivity index (χ1) is 15.3. The third-order valence-corrected chi connectivity index (χ3v) is 8.21. The lowest BCUT2D eigenvalue weighted by molar-refractivity contribution is -0.156.